The number of nitrogens with zero attached hydrogens (tertiary/aromatic N) is 4. The highest BCUT2D eigenvalue weighted by molar-refractivity contribution is 9.10. The molecule has 156 valence electrons. The van der Waals surface area contributed by atoms with Crippen molar-refractivity contribution < 1.29 is 9.47 Å². The van der Waals surface area contributed by atoms with Gasteiger partial charge in [0.25, 0.3) is 0 Å². The largest absolute Gasteiger partial charge is 0.486 e. The van der Waals surface area contributed by atoms with E-state index in [4.69, 9.17) is 9.47 Å². The average Bonchev–Trinajstić information content (AvgIpc) is 3.43. The van der Waals surface area contributed by atoms with Crippen molar-refractivity contribution in [1.29, 1.82) is 0 Å². The number of benzene rings is 2. The van der Waals surface area contributed by atoms with E-state index in [9.17, 15) is 0 Å². The molecule has 0 aliphatic carbocycles. The molecule has 3 heterocycles. The molecule has 6 nitrogen and oxygen atoms in total. The Hall–Kier alpha value is -2.03. The molecule has 0 bridgehead atoms. The lowest BCUT2D eigenvalue weighted by Gasteiger charge is -2.20. The van der Waals surface area contributed by atoms with E-state index in [-0.39, 0.29) is 0 Å². The summed E-state index contributed by atoms with van der Waals surface area (Å²) >= 11 is 5.36. The van der Waals surface area contributed by atoms with Gasteiger partial charge >= 0.3 is 0 Å². The molecule has 1 aromatic heterocycles. The van der Waals surface area contributed by atoms with Crippen LogP contribution in [0.4, 0.5) is 0 Å². The van der Waals surface area contributed by atoms with Crippen molar-refractivity contribution in [2.45, 2.75) is 30.3 Å². The Morgan fingerprint density at radius 1 is 0.967 bits per heavy atom. The van der Waals surface area contributed by atoms with Crippen molar-refractivity contribution in [3.8, 4) is 17.2 Å². The molecule has 0 N–H and O–H groups in total. The van der Waals surface area contributed by atoms with Crippen LogP contribution in [0.3, 0.4) is 0 Å². The summed E-state index contributed by atoms with van der Waals surface area (Å²) < 4.78 is 14.6. The van der Waals surface area contributed by atoms with Gasteiger partial charge < -0.3 is 9.47 Å². The Kier molecular flexibility index (Phi) is 5.97. The molecule has 0 radical (unpaired) electrons. The van der Waals surface area contributed by atoms with E-state index in [2.05, 4.69) is 65.9 Å². The van der Waals surface area contributed by atoms with Crippen molar-refractivity contribution in [2.24, 2.45) is 0 Å². The number of likely N-dealkylation sites (tertiary alicyclic amines) is 1. The summed E-state index contributed by atoms with van der Waals surface area (Å²) in [7, 11) is 0. The zero-order valence-corrected chi connectivity index (χ0v) is 19.0. The fourth-order valence-corrected chi connectivity index (χ4v) is 5.44. The molecule has 0 spiro atoms. The van der Waals surface area contributed by atoms with Gasteiger partial charge in [-0.2, -0.15) is 0 Å². The lowest BCUT2D eigenvalue weighted by molar-refractivity contribution is 0.171. The summed E-state index contributed by atoms with van der Waals surface area (Å²) in [6.07, 6.45) is 2.53. The highest BCUT2D eigenvalue weighted by atomic mass is 79.9. The van der Waals surface area contributed by atoms with E-state index < -0.39 is 0 Å². The number of thioether (sulfide) groups is 1. The molecular formula is C22H23BrN4O2S. The van der Waals surface area contributed by atoms with Crippen LogP contribution in [0.1, 0.15) is 24.2 Å². The van der Waals surface area contributed by atoms with E-state index in [1.807, 2.05) is 12.1 Å². The zero-order chi connectivity index (χ0) is 20.3. The lowest BCUT2D eigenvalue weighted by atomic mass is 10.2. The zero-order valence-electron chi connectivity index (χ0n) is 16.6. The fraction of sp³-hybridized carbons (Fsp3) is 0.364. The van der Waals surface area contributed by atoms with Crippen molar-refractivity contribution >= 4 is 27.7 Å². The lowest BCUT2D eigenvalue weighted by Crippen LogP contribution is -2.21. The van der Waals surface area contributed by atoms with Crippen LogP contribution in [-0.2, 0) is 12.3 Å². The smallest absolute Gasteiger partial charge is 0.196 e. The first-order chi connectivity index (χ1) is 14.8. The molecule has 1 fully saturated rings. The maximum atomic E-state index is 5.75. The second-order valence-electron chi connectivity index (χ2n) is 7.43. The first-order valence-electron chi connectivity index (χ1n) is 10.2. The van der Waals surface area contributed by atoms with Crippen molar-refractivity contribution in [3.63, 3.8) is 0 Å². The van der Waals surface area contributed by atoms with E-state index in [1.54, 1.807) is 11.8 Å². The molecule has 1 saturated heterocycles. The van der Waals surface area contributed by atoms with Gasteiger partial charge in [-0.15, -0.1) is 10.2 Å². The minimum absolute atomic E-state index is 0.587. The first-order valence-corrected chi connectivity index (χ1v) is 12.0. The topological polar surface area (TPSA) is 52.4 Å². The predicted octanol–water partition coefficient (Wildman–Crippen LogP) is 4.69. The molecule has 2 aliphatic rings. The molecule has 8 heteroatoms. The number of hydrogen-bond donors (Lipinski definition) is 0. The number of ether oxygens (including phenoxy) is 2. The third kappa shape index (κ3) is 4.22. The second-order valence-corrected chi connectivity index (χ2v) is 9.23. The molecule has 5 rings (SSSR count). The Labute approximate surface area is 188 Å². The monoisotopic (exact) mass is 486 g/mol. The van der Waals surface area contributed by atoms with E-state index in [1.165, 1.54) is 12.8 Å². The van der Waals surface area contributed by atoms with Crippen molar-refractivity contribution in [2.75, 3.05) is 26.3 Å². The Morgan fingerprint density at radius 3 is 2.47 bits per heavy atom. The van der Waals surface area contributed by atoms with Gasteiger partial charge in [-0.05, 0) is 55.8 Å². The van der Waals surface area contributed by atoms with Gasteiger partial charge in [0, 0.05) is 15.9 Å². The molecule has 2 aliphatic heterocycles. The molecule has 0 atom stereocenters. The van der Waals surface area contributed by atoms with Crippen LogP contribution in [0.25, 0.3) is 5.69 Å². The summed E-state index contributed by atoms with van der Waals surface area (Å²) in [6, 6.07) is 14.4. The van der Waals surface area contributed by atoms with Crippen LogP contribution in [0.5, 0.6) is 11.5 Å². The average molecular weight is 487 g/mol. The van der Waals surface area contributed by atoms with Gasteiger partial charge in [-0.3, -0.25) is 9.47 Å². The van der Waals surface area contributed by atoms with Crippen molar-refractivity contribution in [1.82, 2.24) is 19.7 Å². The van der Waals surface area contributed by atoms with Gasteiger partial charge in [0.2, 0.25) is 0 Å². The Bertz CT molecular complexity index is 1020. The summed E-state index contributed by atoms with van der Waals surface area (Å²) in [6.45, 7) is 4.27. The van der Waals surface area contributed by atoms with Gasteiger partial charge in [-0.25, -0.2) is 0 Å². The van der Waals surface area contributed by atoms with E-state index in [0.717, 1.165) is 63.6 Å². The third-order valence-corrected chi connectivity index (χ3v) is 7.06. The van der Waals surface area contributed by atoms with Crippen LogP contribution in [0.2, 0.25) is 0 Å². The maximum absolute atomic E-state index is 5.75. The van der Waals surface area contributed by atoms with Crippen LogP contribution in [-0.4, -0.2) is 46.0 Å². The molecule has 30 heavy (non-hydrogen) atoms. The van der Waals surface area contributed by atoms with E-state index in [0.29, 0.717) is 13.2 Å². The second kappa shape index (κ2) is 8.99. The van der Waals surface area contributed by atoms with Crippen molar-refractivity contribution in [3.05, 3.63) is 58.3 Å². The minimum atomic E-state index is 0.587. The number of halogens is 1. The summed E-state index contributed by atoms with van der Waals surface area (Å²) in [5, 5.41) is 10.00. The molecule has 3 aromatic rings. The molecule has 0 amide bonds. The summed E-state index contributed by atoms with van der Waals surface area (Å²) in [5.74, 6) is 3.35. The number of rotatable bonds is 6. The van der Waals surface area contributed by atoms with Gasteiger partial charge in [0.1, 0.15) is 13.2 Å². The SMILES string of the molecule is Brc1cc2c(cc1CSc1nnc(CN3CCCC3)n1-c1ccccc1)OCCO2. The third-order valence-electron chi connectivity index (χ3n) is 5.35. The van der Waals surface area contributed by atoms with Gasteiger partial charge in [0.05, 0.1) is 6.54 Å². The van der Waals surface area contributed by atoms with Crippen LogP contribution >= 0.6 is 27.7 Å². The molecule has 0 saturated carbocycles. The Balaban J connectivity index is 1.41. The predicted molar refractivity (Wildman–Crippen MR) is 121 cm³/mol. The molecule has 2 aromatic carbocycles. The normalized spacial score (nSPS) is 16.2. The number of para-hydroxylation sites is 1. The quantitative estimate of drug-likeness (QED) is 0.471. The highest BCUT2D eigenvalue weighted by Gasteiger charge is 2.20. The van der Waals surface area contributed by atoms with E-state index >= 15 is 0 Å². The standard InChI is InChI=1S/C22H23BrN4O2S/c23-18-13-20-19(28-10-11-29-20)12-16(18)15-30-22-25-24-21(14-26-8-4-5-9-26)27(22)17-6-2-1-3-7-17/h1-3,6-7,12-13H,4-5,8-11,14-15H2. The van der Waals surface area contributed by atoms with Crippen LogP contribution < -0.4 is 9.47 Å². The maximum Gasteiger partial charge on any atom is 0.196 e. The van der Waals surface area contributed by atoms with Gasteiger partial charge in [0.15, 0.2) is 22.5 Å². The first kappa shape index (κ1) is 19.9. The number of fused-ring (bicyclic) bond motifs is 1. The Morgan fingerprint density at radius 2 is 1.70 bits per heavy atom. The molecule has 0 unspecified atom stereocenters. The minimum Gasteiger partial charge on any atom is -0.486 e. The van der Waals surface area contributed by atoms with Crippen LogP contribution in [0, 0.1) is 0 Å². The van der Waals surface area contributed by atoms with Gasteiger partial charge in [-0.1, -0.05) is 45.9 Å². The summed E-state index contributed by atoms with van der Waals surface area (Å²) in [5.41, 5.74) is 2.24. The molecular weight excluding hydrogens is 464 g/mol. The number of aromatic nitrogens is 3. The summed E-state index contributed by atoms with van der Waals surface area (Å²) in [4.78, 5) is 2.45. The number of hydrogen-bond acceptors (Lipinski definition) is 6. The van der Waals surface area contributed by atoms with Crippen LogP contribution in [0.15, 0.2) is 52.1 Å². The fourth-order valence-electron chi connectivity index (χ4n) is 3.83. The highest BCUT2D eigenvalue weighted by Crippen LogP contribution is 2.38.